The number of hydrogen-bond donors (Lipinski definition) is 0. The zero-order valence-electron chi connectivity index (χ0n) is 66.2. The Hall–Kier alpha value is -11.2. The summed E-state index contributed by atoms with van der Waals surface area (Å²) in [6.45, 7) is 18.2. The molecule has 0 radical (unpaired) electrons. The van der Waals surface area contributed by atoms with E-state index in [9.17, 15) is 0 Å². The first-order valence-corrected chi connectivity index (χ1v) is 41.4. The summed E-state index contributed by atoms with van der Waals surface area (Å²) in [7, 11) is 0. The summed E-state index contributed by atoms with van der Waals surface area (Å²) < 4.78 is 0. The molecule has 0 fully saturated rings. The van der Waals surface area contributed by atoms with Crippen molar-refractivity contribution in [1.29, 1.82) is 0 Å². The average Bonchev–Trinajstić information content (AvgIpc) is 0.710. The molecule has 0 amide bonds. The predicted octanol–water partition coefficient (Wildman–Crippen LogP) is 31.6. The van der Waals surface area contributed by atoms with Crippen LogP contribution < -0.4 is 19.6 Å². The summed E-state index contributed by atoms with van der Waals surface area (Å²) in [4.78, 5) is 9.68. The Morgan fingerprint density at radius 2 is 0.345 bits per heavy atom. The average molecular weight is 1440 g/mol. The van der Waals surface area contributed by atoms with E-state index in [1.807, 2.05) is 0 Å². The van der Waals surface area contributed by atoms with Crippen LogP contribution in [0.4, 0.5) is 68.2 Å². The Labute approximate surface area is 655 Å². The molecule has 4 heteroatoms. The van der Waals surface area contributed by atoms with Crippen LogP contribution in [-0.4, -0.2) is 0 Å². The van der Waals surface area contributed by atoms with Crippen LogP contribution in [0.2, 0.25) is 0 Å². The van der Waals surface area contributed by atoms with Crippen molar-refractivity contribution in [3.8, 4) is 22.3 Å². The van der Waals surface area contributed by atoms with Gasteiger partial charge in [-0.1, -0.05) is 201 Å². The van der Waals surface area contributed by atoms with Gasteiger partial charge in [-0.05, 0) is 371 Å². The van der Waals surface area contributed by atoms with Crippen molar-refractivity contribution in [3.05, 3.63) is 336 Å². The number of unbranched alkanes of at least 4 members (excludes halogenated alkanes) is 6. The van der Waals surface area contributed by atoms with E-state index in [1.54, 1.807) is 0 Å². The lowest BCUT2D eigenvalue weighted by Crippen LogP contribution is -2.12. The van der Waals surface area contributed by atoms with Gasteiger partial charge in [0.25, 0.3) is 0 Å². The fourth-order valence-electron chi connectivity index (χ4n) is 16.5. The number of anilines is 12. The Morgan fingerprint density at radius 1 is 0.173 bits per heavy atom. The monoisotopic (exact) mass is 1440 g/mol. The highest BCUT2D eigenvalue weighted by Crippen LogP contribution is 2.48. The maximum absolute atomic E-state index is 2.47. The Kier molecular flexibility index (Phi) is 23.3. The molecule has 0 bridgehead atoms. The molecule has 110 heavy (non-hydrogen) atoms. The SMILES string of the molecule is CCCCc1ccc(N(c2ccc(CCCC)cc2)c2ccc(N(c3ccc(CCCC)cc3)c3ccc(-c4cc5c(C)ccc6c7cc(-c8ccc(N(c9ccc(CCCC)cc9)c9ccc(N(c%10ccc(CCCC)cc%10)c%10ccc(CCCC)cc%10)cc9)cc8)cc8c(C)ccc(c(c4)c56)c87)cc3)cc2)cc1. The van der Waals surface area contributed by atoms with E-state index in [1.165, 1.54) is 187 Å². The molecule has 0 aliphatic carbocycles. The first kappa shape index (κ1) is 74.3. The van der Waals surface area contributed by atoms with Crippen molar-refractivity contribution >= 4 is 111 Å². The molecule has 0 N–H and O–H groups in total. The first-order chi connectivity index (χ1) is 54.1. The van der Waals surface area contributed by atoms with Crippen LogP contribution in [0.25, 0.3) is 65.3 Å². The van der Waals surface area contributed by atoms with Crippen molar-refractivity contribution in [2.75, 3.05) is 19.6 Å². The summed E-state index contributed by atoms with van der Waals surface area (Å²) in [6, 6.07) is 112. The molecule has 15 aromatic carbocycles. The molecule has 15 rings (SSSR count). The number of aryl methyl sites for hydroxylation is 8. The summed E-state index contributed by atoms with van der Waals surface area (Å²) in [6.07, 6.45) is 20.8. The Balaban J connectivity index is 0.760. The molecule has 0 aromatic heterocycles. The molecule has 0 unspecified atom stereocenters. The van der Waals surface area contributed by atoms with Crippen LogP contribution in [0.5, 0.6) is 0 Å². The topological polar surface area (TPSA) is 13.0 Å². The summed E-state index contributed by atoms with van der Waals surface area (Å²) in [5, 5.41) is 10.4. The second-order valence-electron chi connectivity index (χ2n) is 30.8. The minimum Gasteiger partial charge on any atom is -0.311 e. The Morgan fingerprint density at radius 3 is 0.536 bits per heavy atom. The lowest BCUT2D eigenvalue weighted by Gasteiger charge is -2.29. The number of hydrogen-bond acceptors (Lipinski definition) is 4. The van der Waals surface area contributed by atoms with Crippen molar-refractivity contribution in [3.63, 3.8) is 0 Å². The normalized spacial score (nSPS) is 11.6. The molecule has 0 heterocycles. The highest BCUT2D eigenvalue weighted by Gasteiger charge is 2.23. The quantitative estimate of drug-likeness (QED) is 0.0308. The second-order valence-corrected chi connectivity index (χ2v) is 30.8. The third-order valence-electron chi connectivity index (χ3n) is 23.0. The lowest BCUT2D eigenvalue weighted by atomic mass is 9.84. The highest BCUT2D eigenvalue weighted by molar-refractivity contribution is 6.34. The van der Waals surface area contributed by atoms with E-state index >= 15 is 0 Å². The van der Waals surface area contributed by atoms with E-state index in [0.29, 0.717) is 0 Å². The van der Waals surface area contributed by atoms with Gasteiger partial charge in [-0.3, -0.25) is 0 Å². The van der Waals surface area contributed by atoms with Crippen LogP contribution in [0, 0.1) is 13.8 Å². The third kappa shape index (κ3) is 16.1. The molecule has 15 aromatic rings. The van der Waals surface area contributed by atoms with E-state index < -0.39 is 0 Å². The van der Waals surface area contributed by atoms with Crippen molar-refractivity contribution in [2.24, 2.45) is 0 Å². The molecule has 0 saturated heterocycles. The first-order valence-electron chi connectivity index (χ1n) is 41.4. The van der Waals surface area contributed by atoms with E-state index in [0.717, 1.165) is 107 Å². The molecule has 0 spiro atoms. The van der Waals surface area contributed by atoms with Crippen LogP contribution in [0.1, 0.15) is 163 Å². The maximum Gasteiger partial charge on any atom is 0.0463 e. The smallest absolute Gasteiger partial charge is 0.0463 e. The van der Waals surface area contributed by atoms with Gasteiger partial charge in [-0.2, -0.15) is 0 Å². The Bertz CT molecular complexity index is 5060. The zero-order chi connectivity index (χ0) is 75.5. The van der Waals surface area contributed by atoms with Crippen LogP contribution >= 0.6 is 0 Å². The standard InChI is InChI=1S/C106H108N4/c1-9-15-21-77-29-45-87(46-30-77)107(88-47-31-78(32-48-88)22-16-10-2)95-61-65-97(66-62-95)109(91-53-37-81(38-54-91)25-19-13-5)93-57-41-83(42-58-93)85-71-101-75(7)27-70-100-104-74-86(72-102-76(8)28-69-99(106(102)104)103(73-85)105(100)101)84-43-59-94(60-44-84)110(92-55-39-82(40-56-92)26-20-14-6)98-67-63-96(64-68-98)108(89-49-33-79(34-50-89)23-17-11-3)90-51-35-80(36-52-90)24-18-12-4/h27-74H,9-26H2,1-8H3. The molecule has 552 valence electrons. The lowest BCUT2D eigenvalue weighted by molar-refractivity contribution is 0.795. The molecule has 0 aliphatic rings. The van der Waals surface area contributed by atoms with Crippen LogP contribution in [0.15, 0.2) is 291 Å². The van der Waals surface area contributed by atoms with E-state index in [4.69, 9.17) is 0 Å². The second kappa shape index (κ2) is 34.6. The zero-order valence-corrected chi connectivity index (χ0v) is 66.2. The van der Waals surface area contributed by atoms with Gasteiger partial charge in [0.15, 0.2) is 0 Å². The van der Waals surface area contributed by atoms with Gasteiger partial charge in [0, 0.05) is 68.2 Å². The van der Waals surface area contributed by atoms with Crippen molar-refractivity contribution in [2.45, 2.75) is 171 Å². The summed E-state index contributed by atoms with van der Waals surface area (Å²) in [5.74, 6) is 0. The van der Waals surface area contributed by atoms with Gasteiger partial charge in [0.1, 0.15) is 0 Å². The number of fused-ring (bicyclic) bond motifs is 2. The molecular formula is C106H108N4. The highest BCUT2D eigenvalue weighted by atomic mass is 15.2. The molecule has 0 saturated carbocycles. The minimum atomic E-state index is 1.08. The van der Waals surface area contributed by atoms with Crippen molar-refractivity contribution < 1.29 is 0 Å². The molecular weight excluding hydrogens is 1330 g/mol. The van der Waals surface area contributed by atoms with Gasteiger partial charge in [-0.15, -0.1) is 0 Å². The van der Waals surface area contributed by atoms with E-state index in [-0.39, 0.29) is 0 Å². The van der Waals surface area contributed by atoms with E-state index in [2.05, 4.69) is 366 Å². The summed E-state index contributed by atoms with van der Waals surface area (Å²) in [5.41, 5.74) is 29.3. The number of rotatable bonds is 32. The fourth-order valence-corrected chi connectivity index (χ4v) is 16.5. The van der Waals surface area contributed by atoms with Crippen LogP contribution in [0.3, 0.4) is 0 Å². The molecule has 4 nitrogen and oxygen atoms in total. The van der Waals surface area contributed by atoms with Crippen LogP contribution in [-0.2, 0) is 38.5 Å². The number of nitrogens with zero attached hydrogens (tertiary/aromatic N) is 4. The predicted molar refractivity (Wildman–Crippen MR) is 478 cm³/mol. The van der Waals surface area contributed by atoms with Gasteiger partial charge in [-0.25, -0.2) is 0 Å². The van der Waals surface area contributed by atoms with Gasteiger partial charge in [0.2, 0.25) is 0 Å². The van der Waals surface area contributed by atoms with Gasteiger partial charge < -0.3 is 19.6 Å². The largest absolute Gasteiger partial charge is 0.311 e. The van der Waals surface area contributed by atoms with Crippen molar-refractivity contribution in [1.82, 2.24) is 0 Å². The molecule has 0 atom stereocenters. The minimum absolute atomic E-state index is 1.08. The fraction of sp³-hybridized carbons (Fsp3) is 0.245. The summed E-state index contributed by atoms with van der Waals surface area (Å²) >= 11 is 0. The third-order valence-corrected chi connectivity index (χ3v) is 23.0. The van der Waals surface area contributed by atoms with Gasteiger partial charge in [0.05, 0.1) is 0 Å². The van der Waals surface area contributed by atoms with Gasteiger partial charge >= 0.3 is 0 Å². The number of benzene rings is 15. The molecule has 0 aliphatic heterocycles. The maximum atomic E-state index is 2.47.